The number of thioether (sulfide) groups is 1. The van der Waals surface area contributed by atoms with E-state index in [0.717, 1.165) is 0 Å². The van der Waals surface area contributed by atoms with E-state index in [1.807, 2.05) is 0 Å². The number of aliphatic hydroxyl groups excluding tert-OH is 2. The van der Waals surface area contributed by atoms with E-state index in [4.69, 9.17) is 0 Å². The number of ketones is 2. The Morgan fingerprint density at radius 3 is 2.36 bits per heavy atom. The number of carboxylic acid groups (broad SMARTS) is 1. The number of carbonyl (C=O) groups is 5. The van der Waals surface area contributed by atoms with Crippen molar-refractivity contribution in [2.45, 2.75) is 66.6 Å². The monoisotopic (exact) mass is 672 g/mol. The Bertz CT molecular complexity index is 1720. The van der Waals surface area contributed by atoms with E-state index in [9.17, 15) is 54.6 Å². The number of Topliss-reactive ketones (excluding diaryl/α,β-unsaturated/α-hetero) is 2. The number of phenols is 1. The van der Waals surface area contributed by atoms with Crippen molar-refractivity contribution in [2.75, 3.05) is 20.8 Å². The summed E-state index contributed by atoms with van der Waals surface area (Å²) in [6.07, 6.45) is -0.272. The van der Waals surface area contributed by atoms with Crippen LogP contribution in [0.25, 0.3) is 5.76 Å². The highest BCUT2D eigenvalue weighted by Crippen LogP contribution is 2.57. The van der Waals surface area contributed by atoms with Gasteiger partial charge in [-0.15, -0.1) is 11.8 Å². The van der Waals surface area contributed by atoms with Crippen LogP contribution in [0.5, 0.6) is 5.75 Å². The standard InChI is InChI=1S/C31H36N4O11S/c1-29(2)22(28(43)44)35-26(42)18(27(35)47-29)32-10-33-25(41)17-21(38)19(34(4)5)13-9-12-16(23(39)31(13,46)24(17)40)20(37)15-11(30(12,3)45)7-6-8-14(15)36/h6-8,12-13,18-19,22,27,32,36-37,40,45-46H,9-10H2,1-5H3,(H,33,41)(H,43,44)/t12-,13+,18-,19-,22+,27+,30-,31+/m1/s1. The van der Waals surface area contributed by atoms with E-state index in [1.54, 1.807) is 13.8 Å². The largest absolute Gasteiger partial charge is 0.508 e. The second kappa shape index (κ2) is 10.5. The number of hydrogen-bond donors (Lipinski definition) is 8. The predicted molar refractivity (Wildman–Crippen MR) is 165 cm³/mol. The summed E-state index contributed by atoms with van der Waals surface area (Å²) in [7, 11) is 2.97. The van der Waals surface area contributed by atoms with Gasteiger partial charge in [0.15, 0.2) is 11.4 Å². The van der Waals surface area contributed by atoms with Gasteiger partial charge in [0.05, 0.1) is 23.9 Å². The van der Waals surface area contributed by atoms with E-state index >= 15 is 0 Å². The van der Waals surface area contributed by atoms with Crippen molar-refractivity contribution in [2.24, 2.45) is 11.8 Å². The van der Waals surface area contributed by atoms with Crippen molar-refractivity contribution in [3.8, 4) is 5.75 Å². The van der Waals surface area contributed by atoms with Crippen LogP contribution in [0.2, 0.25) is 0 Å². The molecule has 0 radical (unpaired) electrons. The molecule has 8 N–H and O–H groups in total. The average molecular weight is 673 g/mol. The number of nitrogens with zero attached hydrogens (tertiary/aromatic N) is 2. The highest BCUT2D eigenvalue weighted by molar-refractivity contribution is 8.01. The summed E-state index contributed by atoms with van der Waals surface area (Å²) < 4.78 is -0.772. The zero-order valence-corrected chi connectivity index (χ0v) is 27.0. The molecule has 2 heterocycles. The third-order valence-electron chi connectivity index (χ3n) is 10.2. The molecule has 252 valence electrons. The Kier molecular flexibility index (Phi) is 7.38. The normalized spacial score (nSPS) is 35.7. The van der Waals surface area contributed by atoms with Gasteiger partial charge in [0.25, 0.3) is 5.91 Å². The summed E-state index contributed by atoms with van der Waals surface area (Å²) >= 11 is 1.29. The van der Waals surface area contributed by atoms with E-state index in [1.165, 1.54) is 60.8 Å². The average Bonchev–Trinajstić information content (AvgIpc) is 3.23. The number of carbonyl (C=O) groups excluding carboxylic acids is 4. The van der Waals surface area contributed by atoms with Crippen molar-refractivity contribution in [1.29, 1.82) is 0 Å². The van der Waals surface area contributed by atoms with Crippen LogP contribution in [0.15, 0.2) is 35.1 Å². The number of phenolic OH excluding ortho intramolecular Hbond substituents is 1. The minimum Gasteiger partial charge on any atom is -0.508 e. The maximum absolute atomic E-state index is 14.2. The van der Waals surface area contributed by atoms with Crippen molar-refractivity contribution < 1.29 is 54.6 Å². The first-order valence-electron chi connectivity index (χ1n) is 14.9. The Balaban J connectivity index is 1.31. The van der Waals surface area contributed by atoms with Gasteiger partial charge in [-0.25, -0.2) is 4.79 Å². The Morgan fingerprint density at radius 1 is 1.09 bits per heavy atom. The smallest absolute Gasteiger partial charge is 0.327 e. The van der Waals surface area contributed by atoms with Crippen LogP contribution in [-0.4, -0.2) is 124 Å². The van der Waals surface area contributed by atoms with Crippen LogP contribution < -0.4 is 10.6 Å². The number of benzene rings is 1. The summed E-state index contributed by atoms with van der Waals surface area (Å²) in [6.45, 7) is 4.42. The second-order valence-corrected chi connectivity index (χ2v) is 15.3. The molecule has 2 saturated heterocycles. The lowest BCUT2D eigenvalue weighted by Gasteiger charge is -2.53. The van der Waals surface area contributed by atoms with Crippen LogP contribution >= 0.6 is 11.8 Å². The van der Waals surface area contributed by atoms with Crippen LogP contribution in [-0.2, 0) is 29.6 Å². The predicted octanol–water partition coefficient (Wildman–Crippen LogP) is -0.677. The molecule has 0 bridgehead atoms. The lowest BCUT2D eigenvalue weighted by Crippen LogP contribution is -2.70. The highest BCUT2D eigenvalue weighted by Gasteiger charge is 2.67. The minimum absolute atomic E-state index is 0.129. The fourth-order valence-corrected chi connectivity index (χ4v) is 9.67. The number of β-lactam (4-membered cyclic amide) rings is 1. The van der Waals surface area contributed by atoms with Gasteiger partial charge in [-0.1, -0.05) is 12.1 Å². The lowest BCUT2D eigenvalue weighted by atomic mass is 9.54. The number of amides is 2. The first-order valence-corrected chi connectivity index (χ1v) is 15.8. The lowest BCUT2D eigenvalue weighted by molar-refractivity contribution is -0.160. The fourth-order valence-electron chi connectivity index (χ4n) is 8.01. The molecule has 0 aromatic heterocycles. The van der Waals surface area contributed by atoms with E-state index in [2.05, 4.69) is 10.6 Å². The zero-order chi connectivity index (χ0) is 34.7. The summed E-state index contributed by atoms with van der Waals surface area (Å²) in [6, 6.07) is 0.968. The first-order chi connectivity index (χ1) is 21.8. The molecule has 8 atom stereocenters. The Morgan fingerprint density at radius 2 is 1.74 bits per heavy atom. The van der Waals surface area contributed by atoms with Gasteiger partial charge >= 0.3 is 5.97 Å². The molecule has 0 spiro atoms. The number of likely N-dealkylation sites (N-methyl/N-ethyl adjacent to an activating group) is 1. The van der Waals surface area contributed by atoms with E-state index < -0.39 is 116 Å². The number of carboxylic acids is 1. The minimum atomic E-state index is -2.87. The third-order valence-corrected chi connectivity index (χ3v) is 11.8. The van der Waals surface area contributed by atoms with Gasteiger partial charge in [0, 0.05) is 22.2 Å². The van der Waals surface area contributed by atoms with Crippen molar-refractivity contribution >= 4 is 46.9 Å². The molecule has 3 aliphatic carbocycles. The number of aliphatic hydroxyl groups is 4. The number of aromatic hydroxyl groups is 1. The summed E-state index contributed by atoms with van der Waals surface area (Å²) in [5.41, 5.74) is -6.17. The Hall–Kier alpha value is -3.96. The summed E-state index contributed by atoms with van der Waals surface area (Å²) in [5.74, 6) is -9.79. The van der Waals surface area contributed by atoms with Crippen molar-refractivity contribution in [3.63, 3.8) is 0 Å². The van der Waals surface area contributed by atoms with E-state index in [-0.39, 0.29) is 17.5 Å². The molecular weight excluding hydrogens is 636 g/mol. The number of fused-ring (bicyclic) bond motifs is 4. The molecule has 1 aromatic carbocycles. The second-order valence-electron chi connectivity index (χ2n) is 13.6. The topological polar surface area (TPSA) is 237 Å². The molecule has 47 heavy (non-hydrogen) atoms. The summed E-state index contributed by atoms with van der Waals surface area (Å²) in [4.78, 5) is 68.7. The molecule has 2 amide bonds. The van der Waals surface area contributed by atoms with Gasteiger partial charge in [0.2, 0.25) is 11.7 Å². The molecule has 1 aromatic rings. The number of rotatable bonds is 6. The SMILES string of the molecule is CN(C)[C@H]1C(=O)C(C(=O)NCN[C@@H]2C(=O)N3[C@@H](C(=O)O)C(C)(C)S[C@@H]23)=C(O)[C@@]2(O)C(=O)C3=C(O)c4c(O)cccc4[C@@](C)(O)[C@@H]3C[C@@H]12. The maximum atomic E-state index is 14.2. The number of aliphatic carboxylic acids is 1. The molecule has 0 unspecified atom stereocenters. The molecule has 5 aliphatic rings. The molecular formula is C31H36N4O11S. The number of hydrogen-bond acceptors (Lipinski definition) is 13. The van der Waals surface area contributed by atoms with Gasteiger partial charge in [-0.3, -0.25) is 29.4 Å². The van der Waals surface area contributed by atoms with Crippen molar-refractivity contribution in [1.82, 2.24) is 20.4 Å². The molecule has 6 rings (SSSR count). The maximum Gasteiger partial charge on any atom is 0.327 e. The van der Waals surface area contributed by atoms with Gasteiger partial charge < -0.3 is 40.9 Å². The summed E-state index contributed by atoms with van der Waals surface area (Å²) in [5, 5.41) is 71.2. The number of nitrogens with one attached hydrogen (secondary N) is 2. The molecule has 2 aliphatic heterocycles. The molecule has 1 saturated carbocycles. The van der Waals surface area contributed by atoms with Crippen LogP contribution in [0, 0.1) is 11.8 Å². The molecule has 16 heteroatoms. The molecule has 3 fully saturated rings. The van der Waals surface area contributed by atoms with Crippen LogP contribution in [0.4, 0.5) is 0 Å². The fraction of sp³-hybridized carbons (Fsp3) is 0.516. The quantitative estimate of drug-likeness (QED) is 0.106. The van der Waals surface area contributed by atoms with Gasteiger partial charge in [-0.05, 0) is 52.9 Å². The zero-order valence-electron chi connectivity index (χ0n) is 26.1. The third kappa shape index (κ3) is 4.31. The molecule has 15 nitrogen and oxygen atoms in total. The van der Waals surface area contributed by atoms with Crippen LogP contribution in [0.1, 0.15) is 38.3 Å². The van der Waals surface area contributed by atoms with Gasteiger partial charge in [0.1, 0.15) is 40.3 Å². The van der Waals surface area contributed by atoms with Crippen LogP contribution in [0.3, 0.4) is 0 Å². The Labute approximate surface area is 272 Å². The highest BCUT2D eigenvalue weighted by atomic mass is 32.2. The van der Waals surface area contributed by atoms with Gasteiger partial charge in [-0.2, -0.15) is 0 Å². The van der Waals surface area contributed by atoms with Crippen molar-refractivity contribution in [3.05, 3.63) is 46.2 Å². The van der Waals surface area contributed by atoms with E-state index in [0.29, 0.717) is 0 Å². The first kappa shape index (κ1) is 33.0.